The van der Waals surface area contributed by atoms with Crippen molar-refractivity contribution in [3.8, 4) is 0 Å². The van der Waals surface area contributed by atoms with Crippen molar-refractivity contribution < 1.29 is 14.8 Å². The average Bonchev–Trinajstić information content (AvgIpc) is 2.42. The Morgan fingerprint density at radius 1 is 1.45 bits per heavy atom. The van der Waals surface area contributed by atoms with Crippen molar-refractivity contribution in [3.63, 3.8) is 0 Å². The topological polar surface area (TPSA) is 83.7 Å². The van der Waals surface area contributed by atoms with Crippen LogP contribution in [0, 0.1) is 10.1 Å². The van der Waals surface area contributed by atoms with E-state index >= 15 is 0 Å². The average molecular weight is 301 g/mol. The maximum atomic E-state index is 12.4. The number of carbonyl (C=O) groups excluding carboxylic acids is 1. The maximum Gasteiger partial charge on any atom is 0.283 e. The molecular formula is C13H17ClN2O4. The van der Waals surface area contributed by atoms with E-state index in [-0.39, 0.29) is 29.4 Å². The molecule has 1 amide bonds. The minimum absolute atomic E-state index is 0.0450. The fourth-order valence-corrected chi connectivity index (χ4v) is 2.07. The summed E-state index contributed by atoms with van der Waals surface area (Å²) in [5.41, 5.74) is -0.439. The second kappa shape index (κ2) is 7.81. The number of nitrogens with zero attached hydrogens (tertiary/aromatic N) is 2. The van der Waals surface area contributed by atoms with Crippen LogP contribution in [0.25, 0.3) is 0 Å². The highest BCUT2D eigenvalue weighted by Crippen LogP contribution is 2.27. The van der Waals surface area contributed by atoms with Gasteiger partial charge in [0, 0.05) is 19.2 Å². The monoisotopic (exact) mass is 300 g/mol. The molecule has 6 nitrogen and oxygen atoms in total. The van der Waals surface area contributed by atoms with Crippen LogP contribution in [0.5, 0.6) is 0 Å². The number of aliphatic hydroxyl groups excluding tert-OH is 1. The lowest BCUT2D eigenvalue weighted by atomic mass is 10.1. The van der Waals surface area contributed by atoms with Gasteiger partial charge in [0.15, 0.2) is 0 Å². The van der Waals surface area contributed by atoms with Gasteiger partial charge in [-0.3, -0.25) is 14.9 Å². The third-order valence-corrected chi connectivity index (χ3v) is 3.16. The molecule has 0 spiro atoms. The molecule has 1 aromatic rings. The number of unbranched alkanes of at least 4 members (excludes halogenated alkanes) is 1. The molecule has 0 fully saturated rings. The number of rotatable bonds is 7. The number of nitro groups is 1. The second-order valence-electron chi connectivity index (χ2n) is 4.26. The van der Waals surface area contributed by atoms with Crippen LogP contribution in [-0.2, 0) is 0 Å². The number of hydrogen-bond acceptors (Lipinski definition) is 4. The van der Waals surface area contributed by atoms with Gasteiger partial charge in [-0.2, -0.15) is 0 Å². The largest absolute Gasteiger partial charge is 0.395 e. The highest BCUT2D eigenvalue weighted by atomic mass is 35.5. The molecule has 0 aliphatic carbocycles. The molecule has 0 aliphatic heterocycles. The van der Waals surface area contributed by atoms with E-state index in [4.69, 9.17) is 16.7 Å². The zero-order valence-electron chi connectivity index (χ0n) is 11.2. The van der Waals surface area contributed by atoms with E-state index < -0.39 is 10.8 Å². The van der Waals surface area contributed by atoms with Crippen LogP contribution in [0.15, 0.2) is 18.2 Å². The van der Waals surface area contributed by atoms with Crippen molar-refractivity contribution in [1.29, 1.82) is 0 Å². The minimum atomic E-state index is -0.629. The van der Waals surface area contributed by atoms with E-state index in [0.717, 1.165) is 12.8 Å². The third-order valence-electron chi connectivity index (χ3n) is 2.84. The molecule has 1 aromatic carbocycles. The lowest BCUT2D eigenvalue weighted by Crippen LogP contribution is -2.35. The predicted octanol–water partition coefficient (Wildman–Crippen LogP) is 2.48. The molecular weight excluding hydrogens is 284 g/mol. The molecule has 0 atom stereocenters. The van der Waals surface area contributed by atoms with Gasteiger partial charge in [-0.1, -0.05) is 31.0 Å². The smallest absolute Gasteiger partial charge is 0.283 e. The minimum Gasteiger partial charge on any atom is -0.395 e. The summed E-state index contributed by atoms with van der Waals surface area (Å²) in [5.74, 6) is -0.523. The van der Waals surface area contributed by atoms with Crippen molar-refractivity contribution in [2.75, 3.05) is 19.7 Å². The molecule has 1 rings (SSSR count). The summed E-state index contributed by atoms with van der Waals surface area (Å²) in [4.78, 5) is 24.2. The first-order valence-corrected chi connectivity index (χ1v) is 6.73. The summed E-state index contributed by atoms with van der Waals surface area (Å²) >= 11 is 5.93. The van der Waals surface area contributed by atoms with Gasteiger partial charge in [-0.15, -0.1) is 0 Å². The highest BCUT2D eigenvalue weighted by Gasteiger charge is 2.26. The van der Waals surface area contributed by atoms with Crippen molar-refractivity contribution in [1.82, 2.24) is 4.90 Å². The Hall–Kier alpha value is -1.66. The second-order valence-corrected chi connectivity index (χ2v) is 4.67. The van der Waals surface area contributed by atoms with Crippen LogP contribution in [0.4, 0.5) is 5.69 Å². The summed E-state index contributed by atoms with van der Waals surface area (Å²) in [6.07, 6.45) is 1.63. The fourth-order valence-electron chi connectivity index (χ4n) is 1.82. The van der Waals surface area contributed by atoms with E-state index in [2.05, 4.69) is 0 Å². The van der Waals surface area contributed by atoms with E-state index in [0.29, 0.717) is 6.54 Å². The Bertz CT molecular complexity index is 493. The zero-order valence-corrected chi connectivity index (χ0v) is 12.0. The van der Waals surface area contributed by atoms with E-state index in [1.54, 1.807) is 0 Å². The Morgan fingerprint density at radius 2 is 2.15 bits per heavy atom. The number of hydrogen-bond donors (Lipinski definition) is 1. The molecule has 0 saturated carbocycles. The van der Waals surface area contributed by atoms with Gasteiger partial charge in [0.05, 0.1) is 16.6 Å². The first kappa shape index (κ1) is 16.4. The summed E-state index contributed by atoms with van der Waals surface area (Å²) in [6.45, 7) is 2.33. The van der Waals surface area contributed by atoms with Gasteiger partial charge in [0.2, 0.25) is 0 Å². The van der Waals surface area contributed by atoms with Gasteiger partial charge in [0.25, 0.3) is 11.6 Å². The molecule has 0 heterocycles. The first-order valence-electron chi connectivity index (χ1n) is 6.36. The van der Waals surface area contributed by atoms with Crippen molar-refractivity contribution >= 4 is 23.2 Å². The normalized spacial score (nSPS) is 10.3. The van der Waals surface area contributed by atoms with Crippen LogP contribution in [0.1, 0.15) is 30.1 Å². The Balaban J connectivity index is 3.13. The number of carbonyl (C=O) groups is 1. The summed E-state index contributed by atoms with van der Waals surface area (Å²) < 4.78 is 0. The highest BCUT2D eigenvalue weighted by molar-refractivity contribution is 6.34. The van der Waals surface area contributed by atoms with Crippen LogP contribution < -0.4 is 0 Å². The first-order chi connectivity index (χ1) is 9.52. The third kappa shape index (κ3) is 3.91. The summed E-state index contributed by atoms with van der Waals surface area (Å²) in [5, 5.41) is 20.1. The Kier molecular flexibility index (Phi) is 6.41. The Labute approximate surface area is 122 Å². The van der Waals surface area contributed by atoms with Crippen molar-refractivity contribution in [3.05, 3.63) is 38.9 Å². The van der Waals surface area contributed by atoms with E-state index in [9.17, 15) is 14.9 Å². The van der Waals surface area contributed by atoms with Crippen LogP contribution >= 0.6 is 11.6 Å². The van der Waals surface area contributed by atoms with Gasteiger partial charge in [-0.05, 0) is 12.5 Å². The lowest BCUT2D eigenvalue weighted by molar-refractivity contribution is -0.385. The number of halogens is 1. The van der Waals surface area contributed by atoms with E-state index in [1.165, 1.54) is 23.1 Å². The molecule has 0 aromatic heterocycles. The zero-order chi connectivity index (χ0) is 15.1. The molecule has 110 valence electrons. The molecule has 0 aliphatic rings. The summed E-state index contributed by atoms with van der Waals surface area (Å²) in [7, 11) is 0. The molecule has 20 heavy (non-hydrogen) atoms. The SMILES string of the molecule is CCCCN(CCO)C(=O)c1c(Cl)cccc1[N+](=O)[O-]. The summed E-state index contributed by atoms with van der Waals surface area (Å²) in [6, 6.07) is 4.12. The number of benzene rings is 1. The standard InChI is InChI=1S/C13H17ClN2O4/c1-2-3-7-15(8-9-17)13(18)12-10(14)5-4-6-11(12)16(19)20/h4-6,17H,2-3,7-9H2,1H3. The van der Waals surface area contributed by atoms with Crippen LogP contribution in [0.2, 0.25) is 5.02 Å². The molecule has 0 bridgehead atoms. The molecule has 0 unspecified atom stereocenters. The van der Waals surface area contributed by atoms with Gasteiger partial charge < -0.3 is 10.0 Å². The quantitative estimate of drug-likeness (QED) is 0.619. The number of nitro benzene ring substituents is 1. The molecule has 1 N–H and O–H groups in total. The number of amides is 1. The van der Waals surface area contributed by atoms with Gasteiger partial charge >= 0.3 is 0 Å². The fraction of sp³-hybridized carbons (Fsp3) is 0.462. The molecule has 0 saturated heterocycles. The Morgan fingerprint density at radius 3 is 2.70 bits per heavy atom. The molecule has 7 heteroatoms. The van der Waals surface area contributed by atoms with Gasteiger partial charge in [-0.25, -0.2) is 0 Å². The van der Waals surface area contributed by atoms with Crippen LogP contribution in [0.3, 0.4) is 0 Å². The maximum absolute atomic E-state index is 12.4. The van der Waals surface area contributed by atoms with Crippen molar-refractivity contribution in [2.24, 2.45) is 0 Å². The predicted molar refractivity (Wildman–Crippen MR) is 76.0 cm³/mol. The van der Waals surface area contributed by atoms with Gasteiger partial charge in [0.1, 0.15) is 5.56 Å². The lowest BCUT2D eigenvalue weighted by Gasteiger charge is -2.21. The van der Waals surface area contributed by atoms with E-state index in [1.807, 2.05) is 6.92 Å². The van der Waals surface area contributed by atoms with Crippen molar-refractivity contribution in [2.45, 2.75) is 19.8 Å². The van der Waals surface area contributed by atoms with Crippen LogP contribution in [-0.4, -0.2) is 40.5 Å². The number of aliphatic hydroxyl groups is 1. The molecule has 0 radical (unpaired) electrons.